The highest BCUT2D eigenvalue weighted by molar-refractivity contribution is 5.33. The Bertz CT molecular complexity index is 493. The molecule has 0 aliphatic carbocycles. The van der Waals surface area contributed by atoms with Gasteiger partial charge in [0.2, 0.25) is 0 Å². The van der Waals surface area contributed by atoms with E-state index in [9.17, 15) is 0 Å². The second kappa shape index (κ2) is 5.01. The third kappa shape index (κ3) is 2.31. The minimum atomic E-state index is -0.222. The third-order valence-electron chi connectivity index (χ3n) is 2.82. The number of methoxy groups -OCH3 is 1. The quantitative estimate of drug-likeness (QED) is 0.875. The Kier molecular flexibility index (Phi) is 3.44. The molecule has 1 atom stereocenters. The minimum Gasteiger partial charge on any atom is -0.497 e. The van der Waals surface area contributed by atoms with Crippen molar-refractivity contribution in [1.82, 2.24) is 9.55 Å². The summed E-state index contributed by atoms with van der Waals surface area (Å²) in [6.07, 6.45) is 3.72. The van der Waals surface area contributed by atoms with Crippen LogP contribution < -0.4 is 10.5 Å². The Labute approximate surface area is 101 Å². The maximum Gasteiger partial charge on any atom is 0.130 e. The molecule has 0 radical (unpaired) electrons. The highest BCUT2D eigenvalue weighted by Crippen LogP contribution is 2.22. The van der Waals surface area contributed by atoms with Crippen LogP contribution in [0.3, 0.4) is 0 Å². The second-order valence-electron chi connectivity index (χ2n) is 3.83. The summed E-state index contributed by atoms with van der Waals surface area (Å²) in [7, 11) is 1.65. The molecular formula is C13H17N3O. The number of rotatable bonds is 4. The van der Waals surface area contributed by atoms with Gasteiger partial charge in [-0.25, -0.2) is 4.98 Å². The Hall–Kier alpha value is -1.81. The summed E-state index contributed by atoms with van der Waals surface area (Å²) < 4.78 is 7.24. The van der Waals surface area contributed by atoms with Gasteiger partial charge in [0.1, 0.15) is 11.6 Å². The molecule has 2 N–H and O–H groups in total. The number of aryl methyl sites for hydroxylation is 1. The number of nitrogens with zero attached hydrogens (tertiary/aromatic N) is 2. The first-order valence-corrected chi connectivity index (χ1v) is 5.66. The van der Waals surface area contributed by atoms with Crippen LogP contribution in [0.1, 0.15) is 24.4 Å². The molecule has 1 unspecified atom stereocenters. The summed E-state index contributed by atoms with van der Waals surface area (Å²) in [6.45, 7) is 2.94. The van der Waals surface area contributed by atoms with Crippen molar-refractivity contribution in [2.75, 3.05) is 7.11 Å². The number of aromatic nitrogens is 2. The van der Waals surface area contributed by atoms with E-state index in [0.29, 0.717) is 0 Å². The number of ether oxygens (including phenoxy) is 1. The second-order valence-corrected chi connectivity index (χ2v) is 3.83. The molecule has 90 valence electrons. The van der Waals surface area contributed by atoms with Gasteiger partial charge >= 0.3 is 0 Å². The zero-order valence-corrected chi connectivity index (χ0v) is 10.1. The average molecular weight is 231 g/mol. The zero-order chi connectivity index (χ0) is 12.3. The van der Waals surface area contributed by atoms with Gasteiger partial charge in [-0.1, -0.05) is 12.1 Å². The monoisotopic (exact) mass is 231 g/mol. The van der Waals surface area contributed by atoms with Gasteiger partial charge in [0.25, 0.3) is 0 Å². The van der Waals surface area contributed by atoms with Gasteiger partial charge in [-0.3, -0.25) is 0 Å². The predicted octanol–water partition coefficient (Wildman–Crippen LogP) is 1.96. The molecule has 1 aromatic carbocycles. The number of imidazole rings is 1. The van der Waals surface area contributed by atoms with Gasteiger partial charge in [-0.15, -0.1) is 0 Å². The van der Waals surface area contributed by atoms with Gasteiger partial charge in [0, 0.05) is 18.9 Å². The van der Waals surface area contributed by atoms with Crippen molar-refractivity contribution in [3.05, 3.63) is 48.0 Å². The van der Waals surface area contributed by atoms with E-state index < -0.39 is 0 Å². The van der Waals surface area contributed by atoms with Crippen LogP contribution in [-0.2, 0) is 6.54 Å². The maximum absolute atomic E-state index is 6.22. The van der Waals surface area contributed by atoms with Gasteiger partial charge in [0.05, 0.1) is 13.2 Å². The van der Waals surface area contributed by atoms with Crippen LogP contribution in [0, 0.1) is 0 Å². The molecule has 0 saturated heterocycles. The fourth-order valence-corrected chi connectivity index (χ4v) is 1.85. The van der Waals surface area contributed by atoms with Crippen molar-refractivity contribution in [2.24, 2.45) is 5.73 Å². The summed E-state index contributed by atoms with van der Waals surface area (Å²) in [5.41, 5.74) is 7.23. The Morgan fingerprint density at radius 3 is 3.00 bits per heavy atom. The molecule has 0 fully saturated rings. The molecule has 17 heavy (non-hydrogen) atoms. The third-order valence-corrected chi connectivity index (χ3v) is 2.82. The normalized spacial score (nSPS) is 12.4. The molecule has 0 saturated carbocycles. The van der Waals surface area contributed by atoms with E-state index in [1.54, 1.807) is 13.3 Å². The van der Waals surface area contributed by atoms with E-state index in [0.717, 1.165) is 23.7 Å². The Morgan fingerprint density at radius 1 is 1.47 bits per heavy atom. The van der Waals surface area contributed by atoms with E-state index in [4.69, 9.17) is 10.5 Å². The van der Waals surface area contributed by atoms with Gasteiger partial charge < -0.3 is 15.0 Å². The molecule has 0 aliphatic rings. The van der Waals surface area contributed by atoms with Crippen LogP contribution >= 0.6 is 0 Å². The number of hydrogen-bond donors (Lipinski definition) is 1. The van der Waals surface area contributed by atoms with Crippen LogP contribution in [0.5, 0.6) is 5.75 Å². The molecule has 4 nitrogen and oxygen atoms in total. The summed E-state index contributed by atoms with van der Waals surface area (Å²) in [5.74, 6) is 1.69. The van der Waals surface area contributed by atoms with Gasteiger partial charge in [-0.2, -0.15) is 0 Å². The van der Waals surface area contributed by atoms with Crippen LogP contribution in [0.4, 0.5) is 0 Å². The molecule has 2 rings (SSSR count). The lowest BCUT2D eigenvalue weighted by Crippen LogP contribution is -2.17. The lowest BCUT2D eigenvalue weighted by atomic mass is 10.1. The van der Waals surface area contributed by atoms with E-state index >= 15 is 0 Å². The molecule has 0 aliphatic heterocycles. The van der Waals surface area contributed by atoms with Crippen molar-refractivity contribution in [1.29, 1.82) is 0 Å². The molecule has 2 aromatic rings. The van der Waals surface area contributed by atoms with Gasteiger partial charge in [-0.05, 0) is 24.6 Å². The fourth-order valence-electron chi connectivity index (χ4n) is 1.85. The lowest BCUT2D eigenvalue weighted by molar-refractivity contribution is 0.414. The van der Waals surface area contributed by atoms with E-state index in [1.807, 2.05) is 35.0 Å². The largest absolute Gasteiger partial charge is 0.497 e. The summed E-state index contributed by atoms with van der Waals surface area (Å²) in [6, 6.07) is 7.55. The minimum absolute atomic E-state index is 0.222. The Morgan fingerprint density at radius 2 is 2.29 bits per heavy atom. The topological polar surface area (TPSA) is 53.1 Å². The summed E-state index contributed by atoms with van der Waals surface area (Å²) >= 11 is 0. The average Bonchev–Trinajstić information content (AvgIpc) is 2.86. The summed E-state index contributed by atoms with van der Waals surface area (Å²) in [4.78, 5) is 4.32. The van der Waals surface area contributed by atoms with Crippen LogP contribution in [0.25, 0.3) is 0 Å². The zero-order valence-electron chi connectivity index (χ0n) is 10.1. The fraction of sp³-hybridized carbons (Fsp3) is 0.308. The van der Waals surface area contributed by atoms with Crippen LogP contribution in [0.15, 0.2) is 36.7 Å². The molecule has 0 amide bonds. The van der Waals surface area contributed by atoms with Crippen LogP contribution in [-0.4, -0.2) is 16.7 Å². The number of nitrogens with two attached hydrogens (primary N) is 1. The molecule has 0 spiro atoms. The van der Waals surface area contributed by atoms with Crippen molar-refractivity contribution in [2.45, 2.75) is 19.5 Å². The van der Waals surface area contributed by atoms with E-state index in [-0.39, 0.29) is 6.04 Å². The molecule has 1 aromatic heterocycles. The standard InChI is InChI=1S/C13H17N3O/c1-3-16-8-7-15-13(16)12(14)10-5-4-6-11(9-10)17-2/h4-9,12H,3,14H2,1-2H3. The Balaban J connectivity index is 2.33. The van der Waals surface area contributed by atoms with Crippen molar-refractivity contribution < 1.29 is 4.74 Å². The molecule has 0 bridgehead atoms. The first-order valence-electron chi connectivity index (χ1n) is 5.66. The van der Waals surface area contributed by atoms with Crippen molar-refractivity contribution in [3.63, 3.8) is 0 Å². The number of hydrogen-bond acceptors (Lipinski definition) is 3. The van der Waals surface area contributed by atoms with E-state index in [2.05, 4.69) is 11.9 Å². The van der Waals surface area contributed by atoms with Gasteiger partial charge in [0.15, 0.2) is 0 Å². The SMILES string of the molecule is CCn1ccnc1C(N)c1cccc(OC)c1. The number of benzene rings is 1. The smallest absolute Gasteiger partial charge is 0.130 e. The summed E-state index contributed by atoms with van der Waals surface area (Å²) in [5, 5.41) is 0. The molecular weight excluding hydrogens is 214 g/mol. The van der Waals surface area contributed by atoms with Crippen molar-refractivity contribution in [3.8, 4) is 5.75 Å². The molecule has 4 heteroatoms. The van der Waals surface area contributed by atoms with E-state index in [1.165, 1.54) is 0 Å². The van der Waals surface area contributed by atoms with Crippen LogP contribution in [0.2, 0.25) is 0 Å². The highest BCUT2D eigenvalue weighted by Gasteiger charge is 2.14. The van der Waals surface area contributed by atoms with Crippen molar-refractivity contribution >= 4 is 0 Å². The highest BCUT2D eigenvalue weighted by atomic mass is 16.5. The molecule has 1 heterocycles. The maximum atomic E-state index is 6.22. The first-order chi connectivity index (χ1) is 8.26. The first kappa shape index (κ1) is 11.7. The lowest BCUT2D eigenvalue weighted by Gasteiger charge is -2.14. The predicted molar refractivity (Wildman–Crippen MR) is 66.9 cm³/mol.